The Kier molecular flexibility index (Phi) is 5.78. The smallest absolute Gasteiger partial charge is 0.335 e. The maximum absolute atomic E-state index is 10.9. The predicted molar refractivity (Wildman–Crippen MR) is 110 cm³/mol. The second kappa shape index (κ2) is 8.61. The Labute approximate surface area is 170 Å². The molecule has 6 N–H and O–H groups in total. The van der Waals surface area contributed by atoms with Gasteiger partial charge < -0.3 is 21.7 Å². The van der Waals surface area contributed by atoms with Crippen LogP contribution in [0.25, 0.3) is 0 Å². The molecule has 0 bridgehead atoms. The lowest BCUT2D eigenvalue weighted by Gasteiger charge is -2.04. The summed E-state index contributed by atoms with van der Waals surface area (Å²) in [5.74, 6) is -2.07. The number of nitrogens with zero attached hydrogens (tertiary/aromatic N) is 4. The van der Waals surface area contributed by atoms with E-state index in [2.05, 4.69) is 20.5 Å². The first kappa shape index (κ1) is 20.1. The third-order valence-corrected chi connectivity index (χ3v) is 3.95. The van der Waals surface area contributed by atoms with Crippen LogP contribution in [-0.4, -0.2) is 22.2 Å². The molecule has 0 amide bonds. The lowest BCUT2D eigenvalue weighted by molar-refractivity contribution is 0.0686. The highest BCUT2D eigenvalue weighted by molar-refractivity contribution is 5.88. The van der Waals surface area contributed by atoms with Gasteiger partial charge in [0.15, 0.2) is 0 Å². The van der Waals surface area contributed by atoms with Gasteiger partial charge in [0.2, 0.25) is 0 Å². The van der Waals surface area contributed by atoms with Crippen molar-refractivity contribution >= 4 is 46.1 Å². The molecule has 150 valence electrons. The zero-order valence-corrected chi connectivity index (χ0v) is 15.4. The number of nitrogens with two attached hydrogens (primary N) is 2. The molecule has 0 atom stereocenters. The highest BCUT2D eigenvalue weighted by Crippen LogP contribution is 2.35. The number of carboxylic acid groups (broad SMARTS) is 2. The van der Waals surface area contributed by atoms with E-state index < -0.39 is 11.9 Å². The number of hydrogen-bond acceptors (Lipinski definition) is 8. The van der Waals surface area contributed by atoms with Gasteiger partial charge in [0.05, 0.1) is 33.9 Å². The highest BCUT2D eigenvalue weighted by Gasteiger charge is 2.07. The molecule has 3 aromatic rings. The van der Waals surface area contributed by atoms with E-state index in [9.17, 15) is 9.59 Å². The first-order valence-electron chi connectivity index (χ1n) is 8.52. The monoisotopic (exact) mass is 404 g/mol. The number of aromatic carboxylic acids is 2. The summed E-state index contributed by atoms with van der Waals surface area (Å²) in [7, 11) is 0. The number of carbonyl (C=O) groups is 2. The maximum atomic E-state index is 10.9. The van der Waals surface area contributed by atoms with Gasteiger partial charge in [-0.05, 0) is 60.7 Å². The number of anilines is 2. The zero-order chi connectivity index (χ0) is 21.7. The van der Waals surface area contributed by atoms with Crippen molar-refractivity contribution < 1.29 is 19.8 Å². The van der Waals surface area contributed by atoms with Crippen molar-refractivity contribution in [3.05, 3.63) is 71.8 Å². The van der Waals surface area contributed by atoms with Gasteiger partial charge in [-0.2, -0.15) is 10.2 Å². The summed E-state index contributed by atoms with van der Waals surface area (Å²) in [6.07, 6.45) is 0. The number of azo groups is 2. The standard InChI is InChI=1S/C20H16N6O4/c21-15-9-16(22)18(26-24-14-7-3-12(4-8-14)20(29)30)10-17(15)25-23-13-5-1-11(2-6-13)19(27)28/h1-10H,21-22H2,(H,27,28)(H,29,30). The fourth-order valence-corrected chi connectivity index (χ4v) is 2.35. The zero-order valence-electron chi connectivity index (χ0n) is 15.4. The topological polar surface area (TPSA) is 176 Å². The van der Waals surface area contributed by atoms with Crippen LogP contribution in [0.4, 0.5) is 34.1 Å². The Morgan fingerprint density at radius 3 is 1.30 bits per heavy atom. The van der Waals surface area contributed by atoms with Gasteiger partial charge in [-0.1, -0.05) is 0 Å². The Morgan fingerprint density at radius 1 is 0.600 bits per heavy atom. The lowest BCUT2D eigenvalue weighted by Crippen LogP contribution is -1.94. The molecule has 3 rings (SSSR count). The molecule has 0 spiro atoms. The fourth-order valence-electron chi connectivity index (χ4n) is 2.35. The molecule has 0 fully saturated rings. The predicted octanol–water partition coefficient (Wildman–Crippen LogP) is 5.08. The van der Waals surface area contributed by atoms with Crippen molar-refractivity contribution in [3.8, 4) is 0 Å². The van der Waals surface area contributed by atoms with Crippen molar-refractivity contribution in [3.63, 3.8) is 0 Å². The van der Waals surface area contributed by atoms with E-state index in [0.29, 0.717) is 22.7 Å². The average molecular weight is 404 g/mol. The summed E-state index contributed by atoms with van der Waals surface area (Å²) in [4.78, 5) is 21.8. The van der Waals surface area contributed by atoms with Gasteiger partial charge in [-0.15, -0.1) is 10.2 Å². The van der Waals surface area contributed by atoms with E-state index in [4.69, 9.17) is 21.7 Å². The minimum atomic E-state index is -1.03. The van der Waals surface area contributed by atoms with Crippen molar-refractivity contribution in [1.82, 2.24) is 0 Å². The molecule has 0 radical (unpaired) electrons. The molecule has 0 heterocycles. The molecule has 10 nitrogen and oxygen atoms in total. The Morgan fingerprint density at radius 2 is 0.967 bits per heavy atom. The molecule has 3 aromatic carbocycles. The Hall–Kier alpha value is -4.60. The van der Waals surface area contributed by atoms with Gasteiger partial charge >= 0.3 is 11.9 Å². The van der Waals surface area contributed by atoms with Crippen LogP contribution in [-0.2, 0) is 0 Å². The second-order valence-corrected chi connectivity index (χ2v) is 6.07. The summed E-state index contributed by atoms with van der Waals surface area (Å²) in [5, 5.41) is 34.0. The van der Waals surface area contributed by atoms with Crippen LogP contribution in [0.5, 0.6) is 0 Å². The van der Waals surface area contributed by atoms with E-state index in [1.807, 2.05) is 0 Å². The molecule has 0 saturated carbocycles. The largest absolute Gasteiger partial charge is 0.478 e. The Balaban J connectivity index is 1.82. The van der Waals surface area contributed by atoms with Gasteiger partial charge in [-0.25, -0.2) is 9.59 Å². The normalized spacial score (nSPS) is 11.2. The first-order chi connectivity index (χ1) is 14.3. The maximum Gasteiger partial charge on any atom is 0.335 e. The van der Waals surface area contributed by atoms with Gasteiger partial charge in [-0.3, -0.25) is 0 Å². The van der Waals surface area contributed by atoms with Crippen molar-refractivity contribution in [1.29, 1.82) is 0 Å². The van der Waals surface area contributed by atoms with Crippen LogP contribution in [0.15, 0.2) is 81.1 Å². The van der Waals surface area contributed by atoms with Gasteiger partial charge in [0.25, 0.3) is 0 Å². The average Bonchev–Trinajstić information content (AvgIpc) is 2.73. The quantitative estimate of drug-likeness (QED) is 0.329. The second-order valence-electron chi connectivity index (χ2n) is 6.07. The van der Waals surface area contributed by atoms with Crippen LogP contribution < -0.4 is 11.5 Å². The van der Waals surface area contributed by atoms with Gasteiger partial charge in [0, 0.05) is 0 Å². The molecule has 0 aliphatic carbocycles. The van der Waals surface area contributed by atoms with E-state index in [1.54, 1.807) is 0 Å². The SMILES string of the molecule is Nc1cc(N)c(N=Nc2ccc(C(=O)O)cc2)cc1N=Nc1ccc(C(=O)O)cc1. The number of hydrogen-bond donors (Lipinski definition) is 4. The summed E-state index contributed by atoms with van der Waals surface area (Å²) < 4.78 is 0. The van der Waals surface area contributed by atoms with Crippen LogP contribution >= 0.6 is 0 Å². The summed E-state index contributed by atoms with van der Waals surface area (Å²) in [6.45, 7) is 0. The third kappa shape index (κ3) is 4.81. The van der Waals surface area contributed by atoms with E-state index in [-0.39, 0.29) is 22.5 Å². The van der Waals surface area contributed by atoms with E-state index in [0.717, 1.165) is 0 Å². The van der Waals surface area contributed by atoms with Gasteiger partial charge in [0.1, 0.15) is 11.4 Å². The molecule has 0 aromatic heterocycles. The molecule has 30 heavy (non-hydrogen) atoms. The summed E-state index contributed by atoms with van der Waals surface area (Å²) >= 11 is 0. The Bertz CT molecular complexity index is 1070. The number of benzene rings is 3. The summed E-state index contributed by atoms with van der Waals surface area (Å²) in [6, 6.07) is 14.7. The first-order valence-corrected chi connectivity index (χ1v) is 8.52. The molecule has 0 aliphatic rings. The number of rotatable bonds is 6. The van der Waals surface area contributed by atoms with Crippen molar-refractivity contribution in [2.24, 2.45) is 20.5 Å². The minimum Gasteiger partial charge on any atom is -0.478 e. The molecular weight excluding hydrogens is 388 g/mol. The molecule has 10 heteroatoms. The highest BCUT2D eigenvalue weighted by atomic mass is 16.4. The van der Waals surface area contributed by atoms with Crippen LogP contribution in [0.2, 0.25) is 0 Å². The van der Waals surface area contributed by atoms with Crippen LogP contribution in [0.3, 0.4) is 0 Å². The van der Waals surface area contributed by atoms with Crippen molar-refractivity contribution in [2.45, 2.75) is 0 Å². The molecule has 0 unspecified atom stereocenters. The van der Waals surface area contributed by atoms with E-state index >= 15 is 0 Å². The van der Waals surface area contributed by atoms with Crippen LogP contribution in [0, 0.1) is 0 Å². The fraction of sp³-hybridized carbons (Fsp3) is 0. The third-order valence-electron chi connectivity index (χ3n) is 3.95. The van der Waals surface area contributed by atoms with Crippen LogP contribution in [0.1, 0.15) is 20.7 Å². The number of carboxylic acids is 2. The lowest BCUT2D eigenvalue weighted by atomic mass is 10.2. The molecule has 0 aliphatic heterocycles. The van der Waals surface area contributed by atoms with E-state index in [1.165, 1.54) is 60.7 Å². The molecule has 0 saturated heterocycles. The minimum absolute atomic E-state index is 0.139. The molecular formula is C20H16N6O4. The number of nitrogen functional groups attached to an aromatic ring is 2. The van der Waals surface area contributed by atoms with Crippen molar-refractivity contribution in [2.75, 3.05) is 11.5 Å². The summed E-state index contributed by atoms with van der Waals surface area (Å²) in [5.41, 5.74) is 14.2.